The number of hydrogen-bond acceptors (Lipinski definition) is 4. The third-order valence-corrected chi connectivity index (χ3v) is 3.64. The Kier molecular flexibility index (Phi) is 2.68. The number of anilines is 1. The molecule has 0 spiro atoms. The van der Waals surface area contributed by atoms with Gasteiger partial charge in [0.2, 0.25) is 5.95 Å². The van der Waals surface area contributed by atoms with Crippen molar-refractivity contribution < 1.29 is 4.74 Å². The summed E-state index contributed by atoms with van der Waals surface area (Å²) in [5, 5.41) is 4.18. The molecule has 0 saturated carbocycles. The van der Waals surface area contributed by atoms with Gasteiger partial charge in [-0.1, -0.05) is 0 Å². The molecule has 0 bridgehead atoms. The van der Waals surface area contributed by atoms with Gasteiger partial charge in [-0.2, -0.15) is 11.3 Å². The summed E-state index contributed by atoms with van der Waals surface area (Å²) in [6, 6.07) is 7.91. The van der Waals surface area contributed by atoms with Crippen LogP contribution in [0.1, 0.15) is 5.56 Å². The summed E-state index contributed by atoms with van der Waals surface area (Å²) >= 11 is 1.68. The number of thiophene rings is 1. The number of nitrogen functional groups attached to an aromatic ring is 1. The lowest BCUT2D eigenvalue weighted by molar-refractivity contribution is 0.415. The third kappa shape index (κ3) is 1.82. The number of benzene rings is 1. The largest absolute Gasteiger partial charge is 0.497 e. The predicted molar refractivity (Wildman–Crippen MR) is 74.1 cm³/mol. The van der Waals surface area contributed by atoms with Crippen molar-refractivity contribution in [2.45, 2.75) is 6.54 Å². The summed E-state index contributed by atoms with van der Waals surface area (Å²) in [6.07, 6.45) is 0. The molecule has 2 aromatic heterocycles. The molecule has 3 aromatic rings. The van der Waals surface area contributed by atoms with Crippen LogP contribution in [0.4, 0.5) is 5.95 Å². The van der Waals surface area contributed by atoms with Crippen molar-refractivity contribution in [1.82, 2.24) is 9.55 Å². The Morgan fingerprint density at radius 2 is 2.28 bits per heavy atom. The van der Waals surface area contributed by atoms with E-state index in [1.165, 1.54) is 5.56 Å². The Bertz CT molecular complexity index is 673. The molecule has 2 N–H and O–H groups in total. The lowest BCUT2D eigenvalue weighted by Crippen LogP contribution is -2.03. The van der Waals surface area contributed by atoms with Crippen LogP contribution in [0.5, 0.6) is 5.75 Å². The second-order valence-electron chi connectivity index (χ2n) is 4.04. The van der Waals surface area contributed by atoms with E-state index in [1.54, 1.807) is 18.4 Å². The summed E-state index contributed by atoms with van der Waals surface area (Å²) in [5.74, 6) is 1.33. The van der Waals surface area contributed by atoms with E-state index in [-0.39, 0.29) is 0 Å². The van der Waals surface area contributed by atoms with Crippen molar-refractivity contribution >= 4 is 28.3 Å². The molecule has 0 aliphatic heterocycles. The summed E-state index contributed by atoms with van der Waals surface area (Å²) in [7, 11) is 1.65. The van der Waals surface area contributed by atoms with Crippen molar-refractivity contribution in [3.05, 3.63) is 40.6 Å². The topological polar surface area (TPSA) is 53.1 Å². The second-order valence-corrected chi connectivity index (χ2v) is 4.82. The van der Waals surface area contributed by atoms with Crippen molar-refractivity contribution in [2.75, 3.05) is 12.8 Å². The Morgan fingerprint density at radius 3 is 3.00 bits per heavy atom. The zero-order valence-corrected chi connectivity index (χ0v) is 10.8. The number of rotatable bonds is 3. The number of aromatic nitrogens is 2. The average Bonchev–Trinajstić information content (AvgIpc) is 2.98. The lowest BCUT2D eigenvalue weighted by Gasteiger charge is -2.05. The van der Waals surface area contributed by atoms with Gasteiger partial charge in [0.25, 0.3) is 0 Å². The molecular weight excluding hydrogens is 246 g/mol. The minimum atomic E-state index is 0.532. The maximum atomic E-state index is 5.98. The van der Waals surface area contributed by atoms with Crippen LogP contribution in [-0.2, 0) is 6.54 Å². The van der Waals surface area contributed by atoms with Gasteiger partial charge < -0.3 is 15.0 Å². The molecule has 0 saturated heterocycles. The van der Waals surface area contributed by atoms with Crippen molar-refractivity contribution in [1.29, 1.82) is 0 Å². The van der Waals surface area contributed by atoms with Crippen LogP contribution in [-0.4, -0.2) is 16.7 Å². The number of nitrogens with zero attached hydrogens (tertiary/aromatic N) is 2. The molecule has 92 valence electrons. The smallest absolute Gasteiger partial charge is 0.201 e. The maximum Gasteiger partial charge on any atom is 0.201 e. The van der Waals surface area contributed by atoms with Crippen LogP contribution < -0.4 is 10.5 Å². The van der Waals surface area contributed by atoms with E-state index in [0.717, 1.165) is 23.3 Å². The average molecular weight is 259 g/mol. The van der Waals surface area contributed by atoms with Crippen LogP contribution in [0.3, 0.4) is 0 Å². The molecule has 0 amide bonds. The molecule has 4 nitrogen and oxygen atoms in total. The van der Waals surface area contributed by atoms with Gasteiger partial charge in [0.05, 0.1) is 24.7 Å². The van der Waals surface area contributed by atoms with E-state index < -0.39 is 0 Å². The summed E-state index contributed by atoms with van der Waals surface area (Å²) in [4.78, 5) is 4.37. The van der Waals surface area contributed by atoms with Gasteiger partial charge in [0.15, 0.2) is 0 Å². The number of imidazole rings is 1. The number of hydrogen-bond donors (Lipinski definition) is 1. The molecule has 0 unspecified atom stereocenters. The monoisotopic (exact) mass is 259 g/mol. The van der Waals surface area contributed by atoms with Crippen LogP contribution >= 0.6 is 11.3 Å². The van der Waals surface area contributed by atoms with Crippen molar-refractivity contribution in [2.24, 2.45) is 0 Å². The van der Waals surface area contributed by atoms with Crippen LogP contribution in [0, 0.1) is 0 Å². The van der Waals surface area contributed by atoms with Crippen LogP contribution in [0.2, 0.25) is 0 Å². The highest BCUT2D eigenvalue weighted by atomic mass is 32.1. The molecule has 0 aliphatic carbocycles. The molecule has 0 aliphatic rings. The zero-order chi connectivity index (χ0) is 12.5. The van der Waals surface area contributed by atoms with Gasteiger partial charge in [0, 0.05) is 6.07 Å². The number of fused-ring (bicyclic) bond motifs is 1. The first-order chi connectivity index (χ1) is 8.78. The fraction of sp³-hybridized carbons (Fsp3) is 0.154. The Labute approximate surface area is 109 Å². The van der Waals surface area contributed by atoms with Gasteiger partial charge in [-0.15, -0.1) is 0 Å². The maximum absolute atomic E-state index is 5.98. The minimum absolute atomic E-state index is 0.532. The number of methoxy groups -OCH3 is 1. The first-order valence-corrected chi connectivity index (χ1v) is 6.53. The fourth-order valence-electron chi connectivity index (χ4n) is 1.99. The second kappa shape index (κ2) is 4.34. The van der Waals surface area contributed by atoms with Gasteiger partial charge in [-0.3, -0.25) is 0 Å². The van der Waals surface area contributed by atoms with E-state index in [1.807, 2.05) is 22.8 Å². The summed E-state index contributed by atoms with van der Waals surface area (Å²) in [6.45, 7) is 0.748. The Hall–Kier alpha value is -2.01. The third-order valence-electron chi connectivity index (χ3n) is 2.91. The van der Waals surface area contributed by atoms with Crippen LogP contribution in [0.15, 0.2) is 35.0 Å². The molecule has 0 atom stereocenters. The van der Waals surface area contributed by atoms with E-state index in [4.69, 9.17) is 10.5 Å². The Morgan fingerprint density at radius 1 is 1.39 bits per heavy atom. The van der Waals surface area contributed by atoms with Crippen molar-refractivity contribution in [3.8, 4) is 5.75 Å². The zero-order valence-electron chi connectivity index (χ0n) is 9.96. The summed E-state index contributed by atoms with van der Waals surface area (Å²) in [5.41, 5.74) is 9.10. The van der Waals surface area contributed by atoms with Gasteiger partial charge in [-0.25, -0.2) is 4.98 Å². The van der Waals surface area contributed by atoms with E-state index in [0.29, 0.717) is 5.95 Å². The van der Waals surface area contributed by atoms with Gasteiger partial charge in [0.1, 0.15) is 5.75 Å². The quantitative estimate of drug-likeness (QED) is 0.787. The highest BCUT2D eigenvalue weighted by Crippen LogP contribution is 2.24. The van der Waals surface area contributed by atoms with E-state index >= 15 is 0 Å². The van der Waals surface area contributed by atoms with Crippen molar-refractivity contribution in [3.63, 3.8) is 0 Å². The molecular formula is C13H13N3OS. The predicted octanol–water partition coefficient (Wildman–Crippen LogP) is 2.74. The first kappa shape index (κ1) is 11.1. The number of ether oxygens (including phenoxy) is 1. The molecule has 1 aromatic carbocycles. The normalized spacial score (nSPS) is 10.9. The molecule has 5 heteroatoms. The molecule has 2 heterocycles. The SMILES string of the molecule is COc1ccc2c(c1)nc(N)n2Cc1ccsc1. The van der Waals surface area contributed by atoms with Gasteiger partial charge in [-0.05, 0) is 34.5 Å². The molecule has 0 fully saturated rings. The first-order valence-electron chi connectivity index (χ1n) is 5.59. The highest BCUT2D eigenvalue weighted by Gasteiger charge is 2.09. The molecule has 18 heavy (non-hydrogen) atoms. The Balaban J connectivity index is 2.08. The molecule has 3 rings (SSSR count). The fourth-order valence-corrected chi connectivity index (χ4v) is 2.65. The van der Waals surface area contributed by atoms with E-state index in [2.05, 4.69) is 21.8 Å². The van der Waals surface area contributed by atoms with Gasteiger partial charge >= 0.3 is 0 Å². The molecule has 0 radical (unpaired) electrons. The highest BCUT2D eigenvalue weighted by molar-refractivity contribution is 7.07. The van der Waals surface area contributed by atoms with Crippen LogP contribution in [0.25, 0.3) is 11.0 Å². The van der Waals surface area contributed by atoms with E-state index in [9.17, 15) is 0 Å². The standard InChI is InChI=1S/C13H13N3OS/c1-17-10-2-3-12-11(6-10)15-13(14)16(12)7-9-4-5-18-8-9/h2-6,8H,7H2,1H3,(H2,14,15). The number of nitrogens with two attached hydrogens (primary N) is 1. The minimum Gasteiger partial charge on any atom is -0.497 e. The summed E-state index contributed by atoms with van der Waals surface area (Å²) < 4.78 is 7.20. The lowest BCUT2D eigenvalue weighted by atomic mass is 10.3.